The van der Waals surface area contributed by atoms with E-state index in [0.29, 0.717) is 6.54 Å². The Kier molecular flexibility index (Phi) is 7.31. The summed E-state index contributed by atoms with van der Waals surface area (Å²) in [5.41, 5.74) is 12.1. The van der Waals surface area contributed by atoms with Crippen LogP contribution in [0.2, 0.25) is 1.41 Å². The van der Waals surface area contributed by atoms with Crippen LogP contribution in [0.4, 0.5) is 0 Å². The van der Waals surface area contributed by atoms with Crippen molar-refractivity contribution in [3.05, 3.63) is 0 Å². The van der Waals surface area contributed by atoms with Crippen LogP contribution in [0, 0.1) is 0 Å². The highest BCUT2D eigenvalue weighted by Gasteiger charge is 1.98. The zero-order valence-electron chi connectivity index (χ0n) is 8.03. The zero-order valence-corrected chi connectivity index (χ0v) is 7.84. The molecule has 0 amide bonds. The molecule has 76 valence electrons. The third kappa shape index (κ3) is 22.6. The second-order valence-corrected chi connectivity index (χ2v) is 3.78. The summed E-state index contributed by atoms with van der Waals surface area (Å²) in [6, 6.07) is 0.130. The minimum absolute atomic E-state index is 0.0289. The Bertz CT molecular complexity index is 193. The van der Waals surface area contributed by atoms with Crippen LogP contribution in [0.15, 0.2) is 0 Å². The summed E-state index contributed by atoms with van der Waals surface area (Å²) in [7, 11) is -3.80. The smallest absolute Gasteiger partial charge is 0.266 e. The fourth-order valence-electron chi connectivity index (χ4n) is 0.149. The van der Waals surface area contributed by atoms with E-state index in [1.165, 1.54) is 0 Å². The van der Waals surface area contributed by atoms with Gasteiger partial charge in [-0.15, -0.1) is 0 Å². The number of hydrogen-bond acceptors (Lipinski definition) is 5. The fourth-order valence-corrected chi connectivity index (χ4v) is 0.447. The van der Waals surface area contributed by atoms with Gasteiger partial charge in [0.15, 0.2) is 0 Å². The van der Waals surface area contributed by atoms with Gasteiger partial charge in [0, 0.05) is 19.1 Å². The Morgan fingerprint density at radius 3 is 2.08 bits per heavy atom. The molecule has 0 saturated heterocycles. The zero-order chi connectivity index (χ0) is 10.9. The molecule has 0 bridgehead atoms. The van der Waals surface area contributed by atoms with E-state index in [4.69, 9.17) is 17.4 Å². The first-order valence-electron chi connectivity index (χ1n) is 3.90. The molecule has 7 heteroatoms. The summed E-state index contributed by atoms with van der Waals surface area (Å²) in [5.74, 6) is -0.354. The summed E-state index contributed by atoms with van der Waals surface area (Å²) >= 11 is 0. The highest BCUT2D eigenvalue weighted by Crippen LogP contribution is 1.74. The largest absolute Gasteiger partial charge is 0.329 e. The van der Waals surface area contributed by atoms with Crippen LogP contribution in [-0.2, 0) is 10.1 Å². The van der Waals surface area contributed by atoms with Crippen LogP contribution in [0.3, 0.4) is 0 Å². The third-order valence-corrected chi connectivity index (χ3v) is 1.48. The Morgan fingerprint density at radius 1 is 1.58 bits per heavy atom. The first kappa shape index (κ1) is 11.8. The Balaban J connectivity index is 0. The van der Waals surface area contributed by atoms with E-state index in [9.17, 15) is 8.42 Å². The lowest BCUT2D eigenvalue weighted by atomic mass is 10.4. The van der Waals surface area contributed by atoms with Crippen LogP contribution in [-0.4, -0.2) is 37.9 Å². The predicted molar refractivity (Wildman–Crippen MR) is 48.2 cm³/mol. The molecule has 0 spiro atoms. The van der Waals surface area contributed by atoms with Crippen LogP contribution in [0.25, 0.3) is 0 Å². The predicted octanol–water partition coefficient (Wildman–Crippen LogP) is -1.87. The Hall–Kier alpha value is -0.210. The first-order valence-corrected chi connectivity index (χ1v) is 5.00. The highest BCUT2D eigenvalue weighted by molar-refractivity contribution is 7.85. The van der Waals surface area contributed by atoms with Gasteiger partial charge in [0.2, 0.25) is 0 Å². The van der Waals surface area contributed by atoms with E-state index in [0.717, 1.165) is 0 Å². The molecule has 6 nitrogen and oxygen atoms in total. The molecule has 0 aromatic heterocycles. The van der Waals surface area contributed by atoms with Crippen LogP contribution in [0.1, 0.15) is 6.92 Å². The molecule has 0 aliphatic rings. The van der Waals surface area contributed by atoms with Crippen molar-refractivity contribution in [1.29, 1.82) is 0 Å². The molecular weight excluding hydrogens is 182 g/mol. The Labute approximate surface area is 74.3 Å². The second kappa shape index (κ2) is 7.44. The monoisotopic (exact) mass is 200 g/mol. The number of nitrogens with two attached hydrogens (primary N) is 3. The molecule has 0 aliphatic heterocycles. The lowest BCUT2D eigenvalue weighted by molar-refractivity contribution is 0.483. The maximum absolute atomic E-state index is 9.71. The van der Waals surface area contributed by atoms with Gasteiger partial charge in [-0.25, -0.2) is 0 Å². The second-order valence-electron chi connectivity index (χ2n) is 2.21. The van der Waals surface area contributed by atoms with Gasteiger partial charge < -0.3 is 17.2 Å². The van der Waals surface area contributed by atoms with E-state index in [1.807, 2.05) is 6.92 Å². The minimum atomic E-state index is -3.80. The quantitative estimate of drug-likeness (QED) is 0.393. The topological polar surface area (TPSA) is 132 Å². The van der Waals surface area contributed by atoms with Crippen molar-refractivity contribution in [2.45, 2.75) is 13.0 Å². The summed E-state index contributed by atoms with van der Waals surface area (Å²) < 4.78 is 33.8. The molecule has 0 saturated carbocycles. The summed E-state index contributed by atoms with van der Waals surface area (Å²) in [4.78, 5) is 0. The van der Waals surface area contributed by atoms with Crippen molar-refractivity contribution in [2.75, 3.05) is 18.8 Å². The van der Waals surface area contributed by atoms with Crippen molar-refractivity contribution in [2.24, 2.45) is 17.2 Å². The molecule has 12 heavy (non-hydrogen) atoms. The van der Waals surface area contributed by atoms with Gasteiger partial charge >= 0.3 is 0 Å². The van der Waals surface area contributed by atoms with E-state index < -0.39 is 10.1 Å². The minimum Gasteiger partial charge on any atom is -0.329 e. The van der Waals surface area contributed by atoms with E-state index in [2.05, 4.69) is 5.73 Å². The number of hydrogen-bond donors (Lipinski definition) is 4. The van der Waals surface area contributed by atoms with Gasteiger partial charge in [-0.05, 0) is 6.92 Å². The Morgan fingerprint density at radius 2 is 2.08 bits per heavy atom. The molecule has 1 unspecified atom stereocenters. The SMILES string of the molecule is NCCS(=O)(=O)O.[2H]NC(C)CN. The maximum atomic E-state index is 9.71. The molecule has 0 rings (SSSR count). The summed E-state index contributed by atoms with van der Waals surface area (Å²) in [6.45, 7) is 2.36. The molecule has 7 N–H and O–H groups in total. The van der Waals surface area contributed by atoms with Gasteiger partial charge in [-0.2, -0.15) is 8.42 Å². The first-order chi connectivity index (χ1) is 5.87. The lowest BCUT2D eigenvalue weighted by Gasteiger charge is -1.92. The van der Waals surface area contributed by atoms with Crippen molar-refractivity contribution in [3.63, 3.8) is 0 Å². The molecule has 0 aliphatic carbocycles. The molecular formula is C5H17N3O3S. The fraction of sp³-hybridized carbons (Fsp3) is 1.00. The van der Waals surface area contributed by atoms with Crippen molar-refractivity contribution < 1.29 is 14.4 Å². The third-order valence-electron chi connectivity index (χ3n) is 0.729. The van der Waals surface area contributed by atoms with E-state index in [1.54, 1.807) is 0 Å². The van der Waals surface area contributed by atoms with Gasteiger partial charge in [-0.3, -0.25) is 4.55 Å². The van der Waals surface area contributed by atoms with E-state index >= 15 is 0 Å². The van der Waals surface area contributed by atoms with Crippen LogP contribution >= 0.6 is 0 Å². The van der Waals surface area contributed by atoms with Gasteiger partial charge in [0.05, 0.1) is 5.75 Å². The van der Waals surface area contributed by atoms with E-state index in [-0.39, 0.29) is 18.3 Å². The van der Waals surface area contributed by atoms with Crippen LogP contribution in [0.5, 0.6) is 0 Å². The average Bonchev–Trinajstić information content (AvgIpc) is 2.02. The van der Waals surface area contributed by atoms with Gasteiger partial charge in [-0.1, -0.05) is 0 Å². The normalized spacial score (nSPS) is 14.2. The molecule has 0 heterocycles. The molecule has 0 radical (unpaired) electrons. The summed E-state index contributed by atoms with van der Waals surface area (Å²) in [5, 5.41) is 0. The summed E-state index contributed by atoms with van der Waals surface area (Å²) in [6.07, 6.45) is 0. The van der Waals surface area contributed by atoms with Crippen molar-refractivity contribution >= 4 is 10.1 Å². The lowest BCUT2D eigenvalue weighted by Crippen LogP contribution is -2.25. The molecule has 0 aromatic rings. The standard InChI is InChI=1S/C3H10N2.C2H7NO3S/c1-3(5)2-4;3-1-2-7(4,5)6/h3H,2,4-5H2,1H3;1-3H2,(H,4,5,6)/i/hD. The molecule has 0 fully saturated rings. The highest BCUT2D eigenvalue weighted by atomic mass is 32.2. The average molecular weight is 200 g/mol. The van der Waals surface area contributed by atoms with Crippen molar-refractivity contribution in [3.8, 4) is 0 Å². The maximum Gasteiger partial charge on any atom is 0.266 e. The van der Waals surface area contributed by atoms with Crippen molar-refractivity contribution in [1.82, 2.24) is 0 Å². The number of rotatable bonds is 4. The van der Waals surface area contributed by atoms with Gasteiger partial charge in [0.25, 0.3) is 10.1 Å². The van der Waals surface area contributed by atoms with Gasteiger partial charge in [0.1, 0.15) is 1.41 Å². The molecule has 1 atom stereocenters. The van der Waals surface area contributed by atoms with Crippen LogP contribution < -0.4 is 17.2 Å². The molecule has 0 aromatic carbocycles.